The van der Waals surface area contributed by atoms with Crippen LogP contribution in [0.15, 0.2) is 30.6 Å². The van der Waals surface area contributed by atoms with Crippen molar-refractivity contribution in [1.82, 2.24) is 20.2 Å². The van der Waals surface area contributed by atoms with Crippen LogP contribution in [0, 0.1) is 11.2 Å². The monoisotopic (exact) mass is 457 g/mol. The summed E-state index contributed by atoms with van der Waals surface area (Å²) in [4.78, 5) is 23.3. The van der Waals surface area contributed by atoms with Gasteiger partial charge in [-0.25, -0.2) is 14.4 Å². The Hall–Kier alpha value is -2.58. The Labute approximate surface area is 190 Å². The summed E-state index contributed by atoms with van der Waals surface area (Å²) in [6, 6.07) is 4.88. The van der Waals surface area contributed by atoms with Gasteiger partial charge < -0.3 is 20.4 Å². The summed E-state index contributed by atoms with van der Waals surface area (Å²) >= 11 is 5.86. The highest BCUT2D eigenvalue weighted by Crippen LogP contribution is 2.32. The molecule has 0 radical (unpaired) electrons. The number of piperidine rings is 2. The second kappa shape index (κ2) is 8.75. The number of hydrogen-bond donors (Lipinski definition) is 2. The minimum Gasteiger partial charge on any atom is -0.489 e. The number of nitrogens with one attached hydrogen (secondary N) is 2. The lowest BCUT2D eigenvalue weighted by Gasteiger charge is -2.40. The molecule has 3 atom stereocenters. The molecule has 3 unspecified atom stereocenters. The van der Waals surface area contributed by atoms with Gasteiger partial charge in [-0.05, 0) is 37.8 Å². The fourth-order valence-corrected chi connectivity index (χ4v) is 5.13. The topological polar surface area (TPSA) is 91.2 Å². The van der Waals surface area contributed by atoms with Gasteiger partial charge in [0, 0.05) is 42.8 Å². The summed E-state index contributed by atoms with van der Waals surface area (Å²) in [5.41, 5.74) is 0.678. The molecule has 3 fully saturated rings. The average molecular weight is 458 g/mol. The van der Waals surface area contributed by atoms with E-state index in [1.165, 1.54) is 37.0 Å². The van der Waals surface area contributed by atoms with Crippen LogP contribution in [0.3, 0.4) is 0 Å². The van der Waals surface area contributed by atoms with E-state index in [9.17, 15) is 9.18 Å². The van der Waals surface area contributed by atoms with Crippen molar-refractivity contribution in [3.63, 3.8) is 0 Å². The second-order valence-electron chi connectivity index (χ2n) is 8.87. The summed E-state index contributed by atoms with van der Waals surface area (Å²) in [5.74, 6) is -0.364. The first-order chi connectivity index (χ1) is 15.5. The van der Waals surface area contributed by atoms with Crippen LogP contribution in [0.2, 0.25) is 5.02 Å². The van der Waals surface area contributed by atoms with Gasteiger partial charge in [-0.3, -0.25) is 4.79 Å². The molecule has 2 bridgehead atoms. The maximum Gasteiger partial charge on any atom is 0.257 e. The first-order valence-electron chi connectivity index (χ1n) is 11.0. The van der Waals surface area contributed by atoms with Crippen LogP contribution in [0.1, 0.15) is 54.2 Å². The summed E-state index contributed by atoms with van der Waals surface area (Å²) in [5, 5.41) is 12.4. The lowest BCUT2D eigenvalue weighted by molar-refractivity contribution is 0.0760. The average Bonchev–Trinajstić information content (AvgIpc) is 3.15. The quantitative estimate of drug-likeness (QED) is 0.732. The van der Waals surface area contributed by atoms with Gasteiger partial charge in [0.1, 0.15) is 23.5 Å². The number of benzene rings is 1. The van der Waals surface area contributed by atoms with Gasteiger partial charge in [-0.15, -0.1) is 0 Å². The molecule has 0 saturated carbocycles. The number of ether oxygens (including phenoxy) is 1. The van der Waals surface area contributed by atoms with Crippen molar-refractivity contribution in [1.29, 1.82) is 5.41 Å². The smallest absolute Gasteiger partial charge is 0.257 e. The molecule has 1 amide bonds. The van der Waals surface area contributed by atoms with Crippen molar-refractivity contribution < 1.29 is 13.9 Å². The summed E-state index contributed by atoms with van der Waals surface area (Å²) in [6.45, 7) is 0.456. The van der Waals surface area contributed by atoms with E-state index in [1.54, 1.807) is 4.90 Å². The van der Waals surface area contributed by atoms with Crippen molar-refractivity contribution in [2.24, 2.45) is 0 Å². The fraction of sp³-hybridized carbons (Fsp3) is 0.478. The van der Waals surface area contributed by atoms with Crippen molar-refractivity contribution in [2.75, 3.05) is 13.1 Å². The Morgan fingerprint density at radius 3 is 2.66 bits per heavy atom. The standard InChI is InChI=1S/C23H25ClFN5O2/c24-13-9-27-22(28-10-13)19-11-30(12-20(19)26)23(31)18-5-4-14(25)6-21(18)32-17-7-15-2-1-3-16(8-17)29-15/h4-6,9-10,15-17,19,26,29H,1-3,7-8,11-12H2. The zero-order valence-corrected chi connectivity index (χ0v) is 18.3. The molecule has 0 aliphatic carbocycles. The molecule has 1 aromatic carbocycles. The van der Waals surface area contributed by atoms with Crippen LogP contribution < -0.4 is 10.1 Å². The van der Waals surface area contributed by atoms with E-state index in [-0.39, 0.29) is 36.8 Å². The lowest BCUT2D eigenvalue weighted by atomic mass is 9.85. The molecular weight excluding hydrogens is 433 g/mol. The fourth-order valence-electron chi connectivity index (χ4n) is 5.04. The van der Waals surface area contributed by atoms with E-state index < -0.39 is 5.82 Å². The Morgan fingerprint density at radius 2 is 1.94 bits per heavy atom. The van der Waals surface area contributed by atoms with Gasteiger partial charge in [0.25, 0.3) is 5.91 Å². The Kier molecular flexibility index (Phi) is 5.82. The molecule has 5 rings (SSSR count). The molecule has 4 heterocycles. The summed E-state index contributed by atoms with van der Waals surface area (Å²) < 4.78 is 20.3. The van der Waals surface area contributed by atoms with Crippen molar-refractivity contribution in [3.05, 3.63) is 52.8 Å². The van der Waals surface area contributed by atoms with Gasteiger partial charge in [0.15, 0.2) is 0 Å². The van der Waals surface area contributed by atoms with E-state index in [1.807, 2.05) is 0 Å². The number of likely N-dealkylation sites (tertiary alicyclic amines) is 1. The minimum absolute atomic E-state index is 0.0491. The highest BCUT2D eigenvalue weighted by molar-refractivity contribution is 6.30. The van der Waals surface area contributed by atoms with Crippen LogP contribution in [0.5, 0.6) is 5.75 Å². The molecule has 168 valence electrons. The lowest BCUT2D eigenvalue weighted by Crippen LogP contribution is -2.51. The first kappa shape index (κ1) is 21.3. The molecule has 32 heavy (non-hydrogen) atoms. The van der Waals surface area contributed by atoms with Crippen LogP contribution in [0.4, 0.5) is 4.39 Å². The van der Waals surface area contributed by atoms with Crippen LogP contribution in [-0.2, 0) is 0 Å². The summed E-state index contributed by atoms with van der Waals surface area (Å²) in [7, 11) is 0. The number of hydrogen-bond acceptors (Lipinski definition) is 6. The first-order valence-corrected chi connectivity index (χ1v) is 11.4. The van der Waals surface area contributed by atoms with E-state index in [0.717, 1.165) is 25.7 Å². The number of fused-ring (bicyclic) bond motifs is 2. The number of carbonyl (C=O) groups excluding carboxylic acids is 1. The highest BCUT2D eigenvalue weighted by Gasteiger charge is 2.36. The maximum absolute atomic E-state index is 14.1. The molecule has 3 aliphatic rings. The Morgan fingerprint density at radius 1 is 1.22 bits per heavy atom. The molecule has 9 heteroatoms. The molecule has 7 nitrogen and oxygen atoms in total. The number of carbonyl (C=O) groups is 1. The second-order valence-corrected chi connectivity index (χ2v) is 9.30. The Bertz CT molecular complexity index is 1020. The van der Waals surface area contributed by atoms with Crippen LogP contribution in [0.25, 0.3) is 0 Å². The zero-order valence-electron chi connectivity index (χ0n) is 17.6. The van der Waals surface area contributed by atoms with E-state index in [0.29, 0.717) is 34.2 Å². The minimum atomic E-state index is -0.438. The number of amides is 1. The molecule has 2 aromatic rings. The normalized spacial score (nSPS) is 27.4. The van der Waals surface area contributed by atoms with Gasteiger partial charge >= 0.3 is 0 Å². The number of rotatable bonds is 4. The molecule has 2 N–H and O–H groups in total. The van der Waals surface area contributed by atoms with Crippen molar-refractivity contribution in [2.45, 2.75) is 56.2 Å². The zero-order chi connectivity index (χ0) is 22.2. The van der Waals surface area contributed by atoms with Gasteiger partial charge in [0.2, 0.25) is 0 Å². The van der Waals surface area contributed by atoms with E-state index in [2.05, 4.69) is 15.3 Å². The van der Waals surface area contributed by atoms with Crippen molar-refractivity contribution in [3.8, 4) is 5.75 Å². The molecule has 1 aromatic heterocycles. The predicted molar refractivity (Wildman–Crippen MR) is 118 cm³/mol. The Balaban J connectivity index is 1.34. The third kappa shape index (κ3) is 4.34. The number of halogens is 2. The van der Waals surface area contributed by atoms with Crippen LogP contribution in [-0.4, -0.2) is 57.8 Å². The molecule has 3 aliphatic heterocycles. The predicted octanol–water partition coefficient (Wildman–Crippen LogP) is 3.58. The van der Waals surface area contributed by atoms with Crippen LogP contribution >= 0.6 is 11.6 Å². The van der Waals surface area contributed by atoms with E-state index >= 15 is 0 Å². The summed E-state index contributed by atoms with van der Waals surface area (Å²) in [6.07, 6.45) is 8.09. The third-order valence-electron chi connectivity index (χ3n) is 6.56. The van der Waals surface area contributed by atoms with Gasteiger partial charge in [-0.2, -0.15) is 0 Å². The number of nitrogens with zero attached hydrogens (tertiary/aromatic N) is 3. The third-order valence-corrected chi connectivity index (χ3v) is 6.76. The van der Waals surface area contributed by atoms with E-state index in [4.69, 9.17) is 21.7 Å². The van der Waals surface area contributed by atoms with Gasteiger partial charge in [-0.1, -0.05) is 18.0 Å². The molecular formula is C23H25ClFN5O2. The SMILES string of the molecule is N=C1CN(C(=O)c2ccc(F)cc2OC2CC3CCCC(C2)N3)CC1c1ncc(Cl)cn1. The van der Waals surface area contributed by atoms with Crippen molar-refractivity contribution >= 4 is 23.2 Å². The largest absolute Gasteiger partial charge is 0.489 e. The molecule has 0 spiro atoms. The van der Waals surface area contributed by atoms with Gasteiger partial charge in [0.05, 0.1) is 23.0 Å². The molecule has 3 saturated heterocycles. The number of aromatic nitrogens is 2. The highest BCUT2D eigenvalue weighted by atomic mass is 35.5. The maximum atomic E-state index is 14.1.